The van der Waals surface area contributed by atoms with Gasteiger partial charge in [-0.2, -0.15) is 0 Å². The molecule has 8 heteroatoms. The third-order valence-corrected chi connectivity index (χ3v) is 8.56. The van der Waals surface area contributed by atoms with Crippen molar-refractivity contribution < 1.29 is 39.5 Å². The Bertz CT molecular complexity index is 865. The summed E-state index contributed by atoms with van der Waals surface area (Å²) in [5, 5.41) is 40.2. The number of fused-ring (bicyclic) bond motifs is 3. The van der Waals surface area contributed by atoms with Gasteiger partial charge in [-0.05, 0) is 67.6 Å². The van der Waals surface area contributed by atoms with Crippen LogP contribution in [0.4, 0.5) is 0 Å². The smallest absolute Gasteiger partial charge is 0.341 e. The number of aliphatic hydroxyl groups excluding tert-OH is 3. The molecule has 2 fully saturated rings. The molecule has 34 heavy (non-hydrogen) atoms. The van der Waals surface area contributed by atoms with Crippen molar-refractivity contribution in [2.45, 2.75) is 89.8 Å². The number of aliphatic hydroxyl groups is 4. The maximum absolute atomic E-state index is 13.1. The predicted molar refractivity (Wildman–Crippen MR) is 125 cm³/mol. The second-order valence-corrected chi connectivity index (χ2v) is 11.1. The summed E-state index contributed by atoms with van der Waals surface area (Å²) in [6.45, 7) is 12.2. The van der Waals surface area contributed by atoms with E-state index in [0.717, 1.165) is 0 Å². The summed E-state index contributed by atoms with van der Waals surface area (Å²) in [5.74, 6) is -1.29. The van der Waals surface area contributed by atoms with Gasteiger partial charge in [-0.25, -0.2) is 4.79 Å². The first-order valence-electron chi connectivity index (χ1n) is 12.2. The molecule has 8 nitrogen and oxygen atoms in total. The molecule has 1 heterocycles. The van der Waals surface area contributed by atoms with Crippen LogP contribution in [0.25, 0.3) is 0 Å². The average Bonchev–Trinajstić information content (AvgIpc) is 3.55. The van der Waals surface area contributed by atoms with Crippen molar-refractivity contribution >= 4 is 11.8 Å². The van der Waals surface area contributed by atoms with E-state index in [1.807, 2.05) is 20.8 Å². The lowest BCUT2D eigenvalue weighted by atomic mass is 9.57. The zero-order valence-electron chi connectivity index (χ0n) is 20.9. The van der Waals surface area contributed by atoms with E-state index in [9.17, 15) is 30.0 Å². The van der Waals surface area contributed by atoms with Crippen LogP contribution in [0.5, 0.6) is 0 Å². The minimum Gasteiger partial charge on any atom is -0.456 e. The zero-order valence-corrected chi connectivity index (χ0v) is 20.9. The second-order valence-electron chi connectivity index (χ2n) is 11.1. The molecule has 1 saturated heterocycles. The van der Waals surface area contributed by atoms with Crippen molar-refractivity contribution in [2.24, 2.45) is 23.2 Å². The van der Waals surface area contributed by atoms with Gasteiger partial charge in [0.1, 0.15) is 12.2 Å². The maximum Gasteiger partial charge on any atom is 0.341 e. The van der Waals surface area contributed by atoms with Crippen LogP contribution in [0, 0.1) is 23.2 Å². The van der Waals surface area contributed by atoms with Gasteiger partial charge in [0, 0.05) is 5.41 Å². The molecule has 0 aromatic heterocycles. The van der Waals surface area contributed by atoms with Crippen molar-refractivity contribution in [1.29, 1.82) is 0 Å². The Kier molecular flexibility index (Phi) is 7.52. The summed E-state index contributed by atoms with van der Waals surface area (Å²) >= 11 is 0. The van der Waals surface area contributed by atoms with Gasteiger partial charge >= 0.3 is 5.97 Å². The topological polar surface area (TPSA) is 137 Å². The molecular weight excluding hydrogens is 440 g/mol. The van der Waals surface area contributed by atoms with Crippen LogP contribution >= 0.6 is 0 Å². The highest BCUT2D eigenvalue weighted by atomic mass is 16.6. The molecule has 9 atom stereocenters. The van der Waals surface area contributed by atoms with E-state index < -0.39 is 47.5 Å². The molecule has 0 bridgehead atoms. The number of carbonyl (C=O) groups excluding carboxylic acids is 2. The third kappa shape index (κ3) is 4.28. The van der Waals surface area contributed by atoms with Crippen LogP contribution in [0.1, 0.15) is 60.3 Å². The quantitative estimate of drug-likeness (QED) is 0.211. The Morgan fingerprint density at radius 1 is 1.32 bits per heavy atom. The first-order chi connectivity index (χ1) is 15.8. The standard InChI is InChI=1S/C26H40O8/c1-14(9-15(2)18(5)29)11-25(32,13-28)23(31)33-20-8-7-16(3)24(6)19(20)10-21(30)26(17(4)12-27)22(24)34-26/h10,14-16,18,20,22,27-29,32H,4,7-9,11-13H2,1-3,5-6H3/t14?,15?,16-,18?,20+,22+,24+,25?,26-/m0/s1. The van der Waals surface area contributed by atoms with Crippen molar-refractivity contribution in [2.75, 3.05) is 13.2 Å². The number of ether oxygens (including phenoxy) is 2. The SMILES string of the molecule is C=C(CO)[C@@]12O[C@@H]1[C@@]1(C)C(=CC2=O)[C@H](OC(=O)C(O)(CO)CC(C)CC(C)C(C)O)CC[C@@H]1C. The minimum absolute atomic E-state index is 0.0110. The number of esters is 1. The lowest BCUT2D eigenvalue weighted by Gasteiger charge is -2.47. The highest BCUT2D eigenvalue weighted by molar-refractivity contribution is 6.05. The predicted octanol–water partition coefficient (Wildman–Crippen LogP) is 1.69. The molecule has 0 amide bonds. The van der Waals surface area contributed by atoms with Gasteiger partial charge in [0.05, 0.1) is 19.3 Å². The normalized spacial score (nSPS) is 36.8. The molecule has 0 aromatic rings. The van der Waals surface area contributed by atoms with Gasteiger partial charge in [-0.3, -0.25) is 4.79 Å². The number of ketones is 1. The molecule has 4 unspecified atom stereocenters. The Hall–Kier alpha value is -1.58. The van der Waals surface area contributed by atoms with Gasteiger partial charge < -0.3 is 29.9 Å². The average molecular weight is 481 g/mol. The number of epoxide rings is 1. The Labute approximate surface area is 201 Å². The summed E-state index contributed by atoms with van der Waals surface area (Å²) in [6.07, 6.45) is 1.47. The highest BCUT2D eigenvalue weighted by Gasteiger charge is 2.74. The monoisotopic (exact) mass is 480 g/mol. The molecule has 3 rings (SSSR count). The van der Waals surface area contributed by atoms with Crippen molar-refractivity contribution in [3.05, 3.63) is 23.8 Å². The third-order valence-electron chi connectivity index (χ3n) is 8.56. The summed E-state index contributed by atoms with van der Waals surface area (Å²) in [4.78, 5) is 26.1. The van der Waals surface area contributed by atoms with Gasteiger partial charge in [0.15, 0.2) is 17.0 Å². The lowest BCUT2D eigenvalue weighted by Crippen LogP contribution is -2.53. The van der Waals surface area contributed by atoms with E-state index in [1.165, 1.54) is 6.08 Å². The van der Waals surface area contributed by atoms with Crippen molar-refractivity contribution in [1.82, 2.24) is 0 Å². The largest absolute Gasteiger partial charge is 0.456 e. The number of hydrogen-bond donors (Lipinski definition) is 4. The van der Waals surface area contributed by atoms with Crippen LogP contribution in [-0.2, 0) is 19.1 Å². The molecule has 3 aliphatic rings. The highest BCUT2D eigenvalue weighted by Crippen LogP contribution is 2.63. The molecule has 192 valence electrons. The first kappa shape index (κ1) is 27.0. The van der Waals surface area contributed by atoms with Crippen molar-refractivity contribution in [3.8, 4) is 0 Å². The summed E-state index contributed by atoms with van der Waals surface area (Å²) in [6, 6.07) is 0. The molecule has 4 N–H and O–H groups in total. The van der Waals surface area contributed by atoms with E-state index in [0.29, 0.717) is 30.4 Å². The van der Waals surface area contributed by atoms with E-state index in [1.54, 1.807) is 6.92 Å². The van der Waals surface area contributed by atoms with Gasteiger partial charge in [0.25, 0.3) is 0 Å². The summed E-state index contributed by atoms with van der Waals surface area (Å²) < 4.78 is 11.7. The zero-order chi connectivity index (χ0) is 25.6. The molecule has 1 saturated carbocycles. The van der Waals surface area contributed by atoms with Crippen LogP contribution in [0.15, 0.2) is 23.8 Å². The maximum atomic E-state index is 13.1. The molecular formula is C26H40O8. The Morgan fingerprint density at radius 3 is 2.53 bits per heavy atom. The van der Waals surface area contributed by atoms with E-state index >= 15 is 0 Å². The van der Waals surface area contributed by atoms with Crippen molar-refractivity contribution in [3.63, 3.8) is 0 Å². The van der Waals surface area contributed by atoms with Crippen LogP contribution < -0.4 is 0 Å². The van der Waals surface area contributed by atoms with Gasteiger partial charge in [0.2, 0.25) is 0 Å². The summed E-state index contributed by atoms with van der Waals surface area (Å²) in [5.41, 5.74) is -2.95. The van der Waals surface area contributed by atoms with Crippen LogP contribution in [-0.4, -0.2) is 74.9 Å². The van der Waals surface area contributed by atoms with Crippen LogP contribution in [0.2, 0.25) is 0 Å². The van der Waals surface area contributed by atoms with Crippen LogP contribution in [0.3, 0.4) is 0 Å². The molecule has 1 aliphatic heterocycles. The molecule has 0 radical (unpaired) electrons. The number of hydrogen-bond acceptors (Lipinski definition) is 8. The molecule has 2 aliphatic carbocycles. The first-order valence-corrected chi connectivity index (χ1v) is 12.2. The fourth-order valence-electron chi connectivity index (χ4n) is 5.90. The van der Waals surface area contributed by atoms with E-state index in [-0.39, 0.29) is 36.6 Å². The molecule has 0 spiro atoms. The Morgan fingerprint density at radius 2 is 1.97 bits per heavy atom. The van der Waals surface area contributed by atoms with Gasteiger partial charge in [-0.15, -0.1) is 0 Å². The van der Waals surface area contributed by atoms with E-state index in [4.69, 9.17) is 9.47 Å². The minimum atomic E-state index is -2.08. The molecule has 0 aromatic carbocycles. The number of carbonyl (C=O) groups is 2. The fourth-order valence-corrected chi connectivity index (χ4v) is 5.90. The van der Waals surface area contributed by atoms with Gasteiger partial charge in [-0.1, -0.05) is 34.3 Å². The summed E-state index contributed by atoms with van der Waals surface area (Å²) in [7, 11) is 0. The lowest BCUT2D eigenvalue weighted by molar-refractivity contribution is -0.178. The number of rotatable bonds is 10. The Balaban J connectivity index is 1.81. The second kappa shape index (κ2) is 9.47. The van der Waals surface area contributed by atoms with E-state index in [2.05, 4.69) is 13.5 Å². The fraction of sp³-hybridized carbons (Fsp3) is 0.769.